The van der Waals surface area contributed by atoms with Gasteiger partial charge in [-0.3, -0.25) is 4.31 Å². The minimum absolute atomic E-state index is 0.522. The maximum absolute atomic E-state index is 6.04. The van der Waals surface area contributed by atoms with E-state index in [-0.39, 0.29) is 0 Å². The van der Waals surface area contributed by atoms with Crippen LogP contribution in [0.25, 0.3) is 6.08 Å². The van der Waals surface area contributed by atoms with Crippen molar-refractivity contribution in [2.45, 2.75) is 13.8 Å². The summed E-state index contributed by atoms with van der Waals surface area (Å²) in [6, 6.07) is 8.00. The number of hydrogen-bond acceptors (Lipinski definition) is 4. The number of rotatable bonds is 3. The third-order valence-corrected chi connectivity index (χ3v) is 3.27. The third-order valence-electron chi connectivity index (χ3n) is 2.63. The Kier molecular flexibility index (Phi) is 4.45. The molecule has 0 aliphatic rings. The number of aromatic nitrogens is 2. The van der Waals surface area contributed by atoms with Crippen LogP contribution in [0.4, 0.5) is 5.69 Å². The van der Waals surface area contributed by atoms with E-state index < -0.39 is 0 Å². The molecule has 0 saturated carbocycles. The van der Waals surface area contributed by atoms with E-state index in [4.69, 9.17) is 11.6 Å². The van der Waals surface area contributed by atoms with Gasteiger partial charge in [0.15, 0.2) is 0 Å². The molecular formula is C14H14ClN3S. The zero-order valence-electron chi connectivity index (χ0n) is 10.7. The van der Waals surface area contributed by atoms with E-state index in [1.165, 1.54) is 0 Å². The molecule has 0 bridgehead atoms. The van der Waals surface area contributed by atoms with E-state index in [0.29, 0.717) is 16.5 Å². The lowest BCUT2D eigenvalue weighted by molar-refractivity contribution is 1.04. The predicted molar refractivity (Wildman–Crippen MR) is 83.5 cm³/mol. The number of halogens is 1. The van der Waals surface area contributed by atoms with Crippen molar-refractivity contribution in [1.29, 1.82) is 0 Å². The van der Waals surface area contributed by atoms with Crippen molar-refractivity contribution in [2.75, 3.05) is 4.31 Å². The van der Waals surface area contributed by atoms with Gasteiger partial charge in [0.2, 0.25) is 0 Å². The first-order chi connectivity index (χ1) is 9.08. The molecule has 5 heteroatoms. The number of benzene rings is 1. The quantitative estimate of drug-likeness (QED) is 0.864. The van der Waals surface area contributed by atoms with Gasteiger partial charge >= 0.3 is 0 Å². The molecule has 1 aromatic heterocycles. The summed E-state index contributed by atoms with van der Waals surface area (Å²) in [6.07, 6.45) is 5.23. The topological polar surface area (TPSA) is 29.0 Å². The molecule has 2 aromatic rings. The summed E-state index contributed by atoms with van der Waals surface area (Å²) >= 11 is 10.5. The van der Waals surface area contributed by atoms with Gasteiger partial charge in [0.1, 0.15) is 5.82 Å². The Hall–Kier alpha value is -1.52. The molecule has 0 spiro atoms. The Morgan fingerprint density at radius 2 is 2.00 bits per heavy atom. The molecule has 0 N–H and O–H groups in total. The molecule has 2 rings (SSSR count). The fourth-order valence-electron chi connectivity index (χ4n) is 1.63. The first kappa shape index (κ1) is 13.9. The lowest BCUT2D eigenvalue weighted by Gasteiger charge is -2.14. The second-order valence-corrected chi connectivity index (χ2v) is 4.94. The van der Waals surface area contributed by atoms with Crippen molar-refractivity contribution in [1.82, 2.24) is 9.97 Å². The normalized spacial score (nSPS) is 10.9. The van der Waals surface area contributed by atoms with E-state index >= 15 is 0 Å². The second kappa shape index (κ2) is 6.08. The standard InChI is InChI=1S/C14H14ClN3S/c1-10-5-3-4-6-14(10)18(19)8-7-13-12(15)9-16-11(2)17-13/h3-9,19H,1-2H3/b8-7+. The molecule has 0 fully saturated rings. The van der Waals surface area contributed by atoms with Crippen LogP contribution in [0.5, 0.6) is 0 Å². The van der Waals surface area contributed by atoms with Crippen molar-refractivity contribution < 1.29 is 0 Å². The van der Waals surface area contributed by atoms with Crippen molar-refractivity contribution >= 4 is 36.2 Å². The summed E-state index contributed by atoms with van der Waals surface area (Å²) in [4.78, 5) is 8.30. The highest BCUT2D eigenvalue weighted by molar-refractivity contribution is 7.82. The fraction of sp³-hybridized carbons (Fsp3) is 0.143. The number of aryl methyl sites for hydroxylation is 2. The Morgan fingerprint density at radius 3 is 2.74 bits per heavy atom. The summed E-state index contributed by atoms with van der Waals surface area (Å²) in [6.45, 7) is 3.86. The molecule has 0 aliphatic carbocycles. The number of para-hydroxylation sites is 1. The van der Waals surface area contributed by atoms with Gasteiger partial charge in [-0.25, -0.2) is 9.97 Å². The molecule has 0 unspecified atom stereocenters. The first-order valence-electron chi connectivity index (χ1n) is 5.79. The van der Waals surface area contributed by atoms with Gasteiger partial charge in [0.25, 0.3) is 0 Å². The minimum Gasteiger partial charge on any atom is -0.294 e. The van der Waals surface area contributed by atoms with E-state index in [1.807, 2.05) is 50.4 Å². The molecular weight excluding hydrogens is 278 g/mol. The molecule has 0 saturated heterocycles. The van der Waals surface area contributed by atoms with Gasteiger partial charge in [0, 0.05) is 12.4 Å². The molecule has 1 aromatic carbocycles. The van der Waals surface area contributed by atoms with Crippen LogP contribution in [0.2, 0.25) is 5.02 Å². The molecule has 3 nitrogen and oxygen atoms in total. The highest BCUT2D eigenvalue weighted by atomic mass is 35.5. The summed E-state index contributed by atoms with van der Waals surface area (Å²) in [5, 5.41) is 0.522. The van der Waals surface area contributed by atoms with Crippen LogP contribution >= 0.6 is 24.4 Å². The molecule has 0 amide bonds. The number of hydrogen-bond donors (Lipinski definition) is 1. The zero-order chi connectivity index (χ0) is 13.8. The van der Waals surface area contributed by atoms with E-state index in [2.05, 4.69) is 22.8 Å². The van der Waals surface area contributed by atoms with Crippen LogP contribution in [0.3, 0.4) is 0 Å². The lowest BCUT2D eigenvalue weighted by Crippen LogP contribution is -2.02. The van der Waals surface area contributed by atoms with E-state index in [0.717, 1.165) is 11.3 Å². The molecule has 19 heavy (non-hydrogen) atoms. The summed E-state index contributed by atoms with van der Waals surface area (Å²) in [5.74, 6) is 0.686. The third kappa shape index (κ3) is 3.49. The summed E-state index contributed by atoms with van der Waals surface area (Å²) in [5.41, 5.74) is 2.85. The Balaban J connectivity index is 2.23. The van der Waals surface area contributed by atoms with Crippen LogP contribution in [0.15, 0.2) is 36.7 Å². The lowest BCUT2D eigenvalue weighted by atomic mass is 10.2. The van der Waals surface area contributed by atoms with Crippen LogP contribution in [0.1, 0.15) is 17.1 Å². The number of nitrogens with zero attached hydrogens (tertiary/aromatic N) is 3. The van der Waals surface area contributed by atoms with Crippen molar-refractivity contribution in [3.05, 3.63) is 58.8 Å². The maximum Gasteiger partial charge on any atom is 0.125 e. The first-order valence-corrected chi connectivity index (χ1v) is 6.57. The average molecular weight is 292 g/mol. The largest absolute Gasteiger partial charge is 0.294 e. The van der Waals surface area contributed by atoms with Crippen LogP contribution < -0.4 is 4.31 Å². The average Bonchev–Trinajstić information content (AvgIpc) is 2.40. The van der Waals surface area contributed by atoms with Crippen molar-refractivity contribution in [3.63, 3.8) is 0 Å². The Morgan fingerprint density at radius 1 is 1.26 bits per heavy atom. The highest BCUT2D eigenvalue weighted by Gasteiger charge is 2.03. The maximum atomic E-state index is 6.04. The smallest absolute Gasteiger partial charge is 0.125 e. The molecule has 98 valence electrons. The zero-order valence-corrected chi connectivity index (χ0v) is 12.4. The highest BCUT2D eigenvalue weighted by Crippen LogP contribution is 2.22. The SMILES string of the molecule is Cc1ncc(Cl)c(/C=C/N(S)c2ccccc2C)n1. The molecule has 0 atom stereocenters. The minimum atomic E-state index is 0.522. The number of thiol groups is 1. The van der Waals surface area contributed by atoms with Gasteiger partial charge in [-0.1, -0.05) is 42.6 Å². The monoisotopic (exact) mass is 291 g/mol. The number of anilines is 1. The van der Waals surface area contributed by atoms with E-state index in [9.17, 15) is 0 Å². The molecule has 0 aliphatic heterocycles. The fourth-order valence-corrected chi connectivity index (χ4v) is 2.08. The summed E-state index contributed by atoms with van der Waals surface area (Å²) in [7, 11) is 0. The van der Waals surface area contributed by atoms with E-state index in [1.54, 1.807) is 10.5 Å². The Bertz CT molecular complexity index is 613. The van der Waals surface area contributed by atoms with Crippen molar-refractivity contribution in [2.24, 2.45) is 0 Å². The van der Waals surface area contributed by atoms with Crippen LogP contribution in [0, 0.1) is 13.8 Å². The molecule has 0 radical (unpaired) electrons. The summed E-state index contributed by atoms with van der Waals surface area (Å²) < 4.78 is 1.74. The Labute approximate surface area is 123 Å². The van der Waals surface area contributed by atoms with Crippen molar-refractivity contribution in [3.8, 4) is 0 Å². The molecule has 1 heterocycles. The van der Waals surface area contributed by atoms with Gasteiger partial charge in [-0.05, 0) is 31.6 Å². The van der Waals surface area contributed by atoms with Gasteiger partial charge < -0.3 is 0 Å². The van der Waals surface area contributed by atoms with Crippen LogP contribution in [-0.2, 0) is 0 Å². The predicted octanol–water partition coefficient (Wildman–Crippen LogP) is 4.07. The van der Waals surface area contributed by atoms with Gasteiger partial charge in [0.05, 0.1) is 16.4 Å². The van der Waals surface area contributed by atoms with Gasteiger partial charge in [-0.15, -0.1) is 0 Å². The second-order valence-electron chi connectivity index (χ2n) is 4.10. The van der Waals surface area contributed by atoms with Gasteiger partial charge in [-0.2, -0.15) is 0 Å². The van der Waals surface area contributed by atoms with Crippen LogP contribution in [-0.4, -0.2) is 9.97 Å².